The first-order valence-corrected chi connectivity index (χ1v) is 7.36. The molecule has 1 atom stereocenters. The van der Waals surface area contributed by atoms with Gasteiger partial charge in [-0.15, -0.1) is 0 Å². The fourth-order valence-corrected chi connectivity index (χ4v) is 2.60. The van der Waals surface area contributed by atoms with Crippen LogP contribution in [0.1, 0.15) is 39.9 Å². The Balaban J connectivity index is 2.11. The van der Waals surface area contributed by atoms with E-state index < -0.39 is 0 Å². The van der Waals surface area contributed by atoms with Gasteiger partial charge in [-0.2, -0.15) is 0 Å². The van der Waals surface area contributed by atoms with E-state index in [1.54, 1.807) is 0 Å². The van der Waals surface area contributed by atoms with Crippen molar-refractivity contribution in [2.45, 2.75) is 40.7 Å². The molecule has 1 aliphatic rings. The second-order valence-corrected chi connectivity index (χ2v) is 6.50. The lowest BCUT2D eigenvalue weighted by Gasteiger charge is -2.27. The highest BCUT2D eigenvalue weighted by atomic mass is 16.5. The van der Waals surface area contributed by atoms with Gasteiger partial charge in [-0.25, -0.2) is 9.97 Å². The van der Waals surface area contributed by atoms with Gasteiger partial charge in [-0.3, -0.25) is 0 Å². The Hall–Kier alpha value is -1.36. The number of nitrogen functional groups attached to an aromatic ring is 1. The van der Waals surface area contributed by atoms with Crippen molar-refractivity contribution < 1.29 is 4.74 Å². The Kier molecular flexibility index (Phi) is 4.48. The summed E-state index contributed by atoms with van der Waals surface area (Å²) in [5, 5.41) is 0. The second kappa shape index (κ2) is 5.95. The molecule has 0 saturated carbocycles. The fourth-order valence-electron chi connectivity index (χ4n) is 2.60. The van der Waals surface area contributed by atoms with Crippen LogP contribution in [0, 0.1) is 11.3 Å². The van der Waals surface area contributed by atoms with E-state index in [1.807, 2.05) is 13.0 Å². The summed E-state index contributed by atoms with van der Waals surface area (Å²) in [6.07, 6.45) is 1.20. The lowest BCUT2D eigenvalue weighted by molar-refractivity contribution is 0.128. The number of rotatable bonds is 4. The topological polar surface area (TPSA) is 64.3 Å². The number of nitrogens with two attached hydrogens (primary N) is 1. The molecule has 0 aliphatic carbocycles. The van der Waals surface area contributed by atoms with Crippen molar-refractivity contribution in [3.05, 3.63) is 11.9 Å². The summed E-state index contributed by atoms with van der Waals surface area (Å²) in [6, 6.07) is 1.86. The van der Waals surface area contributed by atoms with Crippen molar-refractivity contribution in [3.8, 4) is 0 Å². The van der Waals surface area contributed by atoms with Gasteiger partial charge in [0.05, 0.1) is 0 Å². The van der Waals surface area contributed by atoms with E-state index in [0.717, 1.165) is 18.9 Å². The number of anilines is 2. The van der Waals surface area contributed by atoms with E-state index in [9.17, 15) is 0 Å². The van der Waals surface area contributed by atoms with Crippen LogP contribution in [-0.4, -0.2) is 29.7 Å². The molecule has 0 aromatic carbocycles. The van der Waals surface area contributed by atoms with Crippen LogP contribution in [0.2, 0.25) is 0 Å². The van der Waals surface area contributed by atoms with Crippen molar-refractivity contribution in [2.75, 3.05) is 30.3 Å². The molecule has 0 radical (unpaired) electrons. The van der Waals surface area contributed by atoms with Crippen LogP contribution in [0.25, 0.3) is 0 Å². The van der Waals surface area contributed by atoms with Gasteiger partial charge in [0, 0.05) is 25.8 Å². The van der Waals surface area contributed by atoms with E-state index >= 15 is 0 Å². The van der Waals surface area contributed by atoms with Gasteiger partial charge in [0.2, 0.25) is 0 Å². The molecule has 2 heterocycles. The molecule has 2 N–H and O–H groups in total. The first-order chi connectivity index (χ1) is 9.40. The van der Waals surface area contributed by atoms with Crippen molar-refractivity contribution >= 4 is 11.6 Å². The molecule has 0 bridgehead atoms. The minimum Gasteiger partial charge on any atom is -0.384 e. The number of nitrogens with zero attached hydrogens (tertiary/aromatic N) is 3. The highest BCUT2D eigenvalue weighted by molar-refractivity contribution is 5.47. The first-order valence-electron chi connectivity index (χ1n) is 7.36. The third kappa shape index (κ3) is 3.60. The molecular weight excluding hydrogens is 252 g/mol. The maximum atomic E-state index is 5.89. The predicted octanol–water partition coefficient (Wildman–Crippen LogP) is 2.47. The molecule has 5 heteroatoms. The highest BCUT2D eigenvalue weighted by Gasteiger charge is 2.32. The minimum absolute atomic E-state index is 0.335. The Bertz CT molecular complexity index is 456. The summed E-state index contributed by atoms with van der Waals surface area (Å²) in [6.45, 7) is 12.0. The SMILES string of the molecule is CCOCc1nc(N)cc(N2CCC(C(C)(C)C)C2)n1. The van der Waals surface area contributed by atoms with Gasteiger partial charge >= 0.3 is 0 Å². The van der Waals surface area contributed by atoms with Gasteiger partial charge in [0.1, 0.15) is 18.2 Å². The number of hydrogen-bond donors (Lipinski definition) is 1. The van der Waals surface area contributed by atoms with E-state index in [4.69, 9.17) is 10.5 Å². The largest absolute Gasteiger partial charge is 0.384 e. The van der Waals surface area contributed by atoms with Crippen molar-refractivity contribution in [1.82, 2.24) is 9.97 Å². The molecule has 5 nitrogen and oxygen atoms in total. The van der Waals surface area contributed by atoms with Gasteiger partial charge < -0.3 is 15.4 Å². The highest BCUT2D eigenvalue weighted by Crippen LogP contribution is 2.35. The molecule has 1 saturated heterocycles. The van der Waals surface area contributed by atoms with E-state index in [-0.39, 0.29) is 0 Å². The zero-order valence-electron chi connectivity index (χ0n) is 13.0. The Labute approximate surface area is 121 Å². The zero-order chi connectivity index (χ0) is 14.8. The average molecular weight is 278 g/mol. The monoisotopic (exact) mass is 278 g/mol. The molecule has 1 aliphatic heterocycles. The van der Waals surface area contributed by atoms with Gasteiger partial charge in [0.25, 0.3) is 0 Å². The van der Waals surface area contributed by atoms with Gasteiger partial charge in [-0.1, -0.05) is 20.8 Å². The van der Waals surface area contributed by atoms with Crippen LogP contribution < -0.4 is 10.6 Å². The Morgan fingerprint density at radius 2 is 2.15 bits per heavy atom. The van der Waals surface area contributed by atoms with Crippen LogP contribution in [0.4, 0.5) is 11.6 Å². The van der Waals surface area contributed by atoms with Crippen LogP contribution in [0.15, 0.2) is 6.07 Å². The summed E-state index contributed by atoms with van der Waals surface area (Å²) in [7, 11) is 0. The molecule has 20 heavy (non-hydrogen) atoms. The summed E-state index contributed by atoms with van der Waals surface area (Å²) < 4.78 is 5.37. The second-order valence-electron chi connectivity index (χ2n) is 6.50. The van der Waals surface area contributed by atoms with Crippen molar-refractivity contribution in [2.24, 2.45) is 11.3 Å². The molecular formula is C15H26N4O. The van der Waals surface area contributed by atoms with E-state index in [2.05, 4.69) is 35.6 Å². The van der Waals surface area contributed by atoms with Gasteiger partial charge in [-0.05, 0) is 24.7 Å². The zero-order valence-corrected chi connectivity index (χ0v) is 13.0. The third-order valence-corrected chi connectivity index (χ3v) is 3.95. The van der Waals surface area contributed by atoms with E-state index in [1.165, 1.54) is 6.42 Å². The van der Waals surface area contributed by atoms with Crippen LogP contribution >= 0.6 is 0 Å². The molecule has 1 aromatic rings. The molecule has 2 rings (SSSR count). The van der Waals surface area contributed by atoms with Crippen LogP contribution in [0.3, 0.4) is 0 Å². The maximum absolute atomic E-state index is 5.89. The predicted molar refractivity (Wildman–Crippen MR) is 81.5 cm³/mol. The standard InChI is InChI=1S/C15H26N4O/c1-5-20-10-13-17-12(16)8-14(18-13)19-7-6-11(9-19)15(2,3)4/h8,11H,5-7,9-10H2,1-4H3,(H2,16,17,18). The number of aromatic nitrogens is 2. The van der Waals surface area contributed by atoms with Crippen molar-refractivity contribution in [1.29, 1.82) is 0 Å². The smallest absolute Gasteiger partial charge is 0.158 e. The summed E-state index contributed by atoms with van der Waals surface area (Å²) in [5.41, 5.74) is 6.22. The van der Waals surface area contributed by atoms with Crippen molar-refractivity contribution in [3.63, 3.8) is 0 Å². The number of hydrogen-bond acceptors (Lipinski definition) is 5. The van der Waals surface area contributed by atoms with Crippen LogP contribution in [-0.2, 0) is 11.3 Å². The molecule has 112 valence electrons. The lowest BCUT2D eigenvalue weighted by atomic mass is 9.80. The molecule has 1 fully saturated rings. The maximum Gasteiger partial charge on any atom is 0.158 e. The van der Waals surface area contributed by atoms with E-state index in [0.29, 0.717) is 36.2 Å². The normalized spacial score (nSPS) is 19.6. The molecule has 1 unspecified atom stereocenters. The summed E-state index contributed by atoms with van der Waals surface area (Å²) >= 11 is 0. The summed E-state index contributed by atoms with van der Waals surface area (Å²) in [4.78, 5) is 11.1. The van der Waals surface area contributed by atoms with Gasteiger partial charge in [0.15, 0.2) is 5.82 Å². The fraction of sp³-hybridized carbons (Fsp3) is 0.733. The first kappa shape index (κ1) is 15.0. The Morgan fingerprint density at radius 3 is 2.75 bits per heavy atom. The molecule has 0 amide bonds. The quantitative estimate of drug-likeness (QED) is 0.916. The summed E-state index contributed by atoms with van der Waals surface area (Å²) in [5.74, 6) is 2.80. The third-order valence-electron chi connectivity index (χ3n) is 3.95. The Morgan fingerprint density at radius 1 is 1.40 bits per heavy atom. The average Bonchev–Trinajstić information content (AvgIpc) is 2.85. The van der Waals surface area contributed by atoms with Crippen LogP contribution in [0.5, 0.6) is 0 Å². The molecule has 1 aromatic heterocycles. The minimum atomic E-state index is 0.335. The lowest BCUT2D eigenvalue weighted by Crippen LogP contribution is -2.26. The number of ether oxygens (including phenoxy) is 1. The molecule has 0 spiro atoms.